The number of ether oxygens (including phenoxy) is 1. The van der Waals surface area contributed by atoms with Crippen LogP contribution in [0.25, 0.3) is 0 Å². The van der Waals surface area contributed by atoms with Crippen molar-refractivity contribution >= 4 is 0 Å². The standard InChI is InChI=1S/C8H9F3N2O2/c1-4(2)15-5-3-6(8(9,10)11)12-13-7(5)14/h3-4H,1-2H3,(H,13,14). The van der Waals surface area contributed by atoms with Gasteiger partial charge < -0.3 is 4.74 Å². The minimum Gasteiger partial charge on any atom is -0.485 e. The minimum absolute atomic E-state index is 0.380. The number of aromatic nitrogens is 2. The molecule has 0 atom stereocenters. The van der Waals surface area contributed by atoms with Gasteiger partial charge in [-0.3, -0.25) is 4.79 Å². The molecule has 7 heteroatoms. The van der Waals surface area contributed by atoms with Gasteiger partial charge in [-0.15, -0.1) is 0 Å². The molecule has 84 valence electrons. The molecule has 0 aliphatic heterocycles. The van der Waals surface area contributed by atoms with Crippen molar-refractivity contribution in [1.82, 2.24) is 10.2 Å². The van der Waals surface area contributed by atoms with Gasteiger partial charge in [0.15, 0.2) is 11.4 Å². The second-order valence-electron chi connectivity index (χ2n) is 3.11. The van der Waals surface area contributed by atoms with Crippen molar-refractivity contribution in [2.75, 3.05) is 0 Å². The number of halogens is 3. The maximum absolute atomic E-state index is 12.2. The van der Waals surface area contributed by atoms with Crippen LogP contribution in [0.15, 0.2) is 10.9 Å². The van der Waals surface area contributed by atoms with Crippen molar-refractivity contribution in [3.8, 4) is 5.75 Å². The molecule has 0 aliphatic rings. The second kappa shape index (κ2) is 3.92. The van der Waals surface area contributed by atoms with Gasteiger partial charge in [-0.2, -0.15) is 18.3 Å². The van der Waals surface area contributed by atoms with E-state index in [9.17, 15) is 18.0 Å². The van der Waals surface area contributed by atoms with Crippen LogP contribution < -0.4 is 10.3 Å². The van der Waals surface area contributed by atoms with Gasteiger partial charge in [0.05, 0.1) is 6.10 Å². The van der Waals surface area contributed by atoms with E-state index < -0.39 is 17.4 Å². The molecule has 1 N–H and O–H groups in total. The minimum atomic E-state index is -4.60. The Morgan fingerprint density at radius 3 is 2.53 bits per heavy atom. The fourth-order valence-corrected chi connectivity index (χ4v) is 0.875. The number of hydrogen-bond acceptors (Lipinski definition) is 3. The Morgan fingerprint density at radius 2 is 2.07 bits per heavy atom. The lowest BCUT2D eigenvalue weighted by Crippen LogP contribution is -2.20. The highest BCUT2D eigenvalue weighted by atomic mass is 19.4. The van der Waals surface area contributed by atoms with Crippen LogP contribution in [0.3, 0.4) is 0 Å². The fourth-order valence-electron chi connectivity index (χ4n) is 0.875. The maximum Gasteiger partial charge on any atom is 0.435 e. The van der Waals surface area contributed by atoms with Crippen molar-refractivity contribution in [1.29, 1.82) is 0 Å². The monoisotopic (exact) mass is 222 g/mol. The molecule has 0 radical (unpaired) electrons. The van der Waals surface area contributed by atoms with E-state index in [4.69, 9.17) is 4.74 Å². The van der Waals surface area contributed by atoms with Crippen molar-refractivity contribution in [3.63, 3.8) is 0 Å². The van der Waals surface area contributed by atoms with E-state index >= 15 is 0 Å². The Bertz CT molecular complexity index is 398. The molecule has 0 spiro atoms. The van der Waals surface area contributed by atoms with Crippen LogP contribution >= 0.6 is 0 Å². The molecular formula is C8H9F3N2O2. The molecular weight excluding hydrogens is 213 g/mol. The fraction of sp³-hybridized carbons (Fsp3) is 0.500. The Hall–Kier alpha value is -1.53. The summed E-state index contributed by atoms with van der Waals surface area (Å²) in [6.45, 7) is 3.21. The van der Waals surface area contributed by atoms with Gasteiger partial charge in [0.1, 0.15) is 0 Å². The van der Waals surface area contributed by atoms with E-state index in [1.807, 2.05) is 0 Å². The zero-order valence-electron chi connectivity index (χ0n) is 8.05. The normalized spacial score (nSPS) is 11.9. The number of nitrogens with one attached hydrogen (secondary N) is 1. The highest BCUT2D eigenvalue weighted by Crippen LogP contribution is 2.27. The molecule has 0 bridgehead atoms. The molecule has 1 aromatic rings. The van der Waals surface area contributed by atoms with E-state index in [-0.39, 0.29) is 11.9 Å². The topological polar surface area (TPSA) is 55.0 Å². The van der Waals surface area contributed by atoms with Crippen molar-refractivity contribution in [2.45, 2.75) is 26.1 Å². The van der Waals surface area contributed by atoms with Crippen LogP contribution in [0.4, 0.5) is 13.2 Å². The third-order valence-corrected chi connectivity index (χ3v) is 1.42. The molecule has 0 aliphatic carbocycles. The third-order valence-electron chi connectivity index (χ3n) is 1.42. The summed E-state index contributed by atoms with van der Waals surface area (Å²) in [5, 5.41) is 4.60. The maximum atomic E-state index is 12.2. The first-order valence-electron chi connectivity index (χ1n) is 4.14. The van der Waals surface area contributed by atoms with Crippen LogP contribution in [0.1, 0.15) is 19.5 Å². The van der Waals surface area contributed by atoms with E-state index in [0.29, 0.717) is 6.07 Å². The van der Waals surface area contributed by atoms with Crippen LogP contribution in [-0.2, 0) is 6.18 Å². The molecule has 0 saturated carbocycles. The predicted octanol–water partition coefficient (Wildman–Crippen LogP) is 1.58. The molecule has 0 saturated heterocycles. The summed E-state index contributed by atoms with van der Waals surface area (Å²) >= 11 is 0. The Balaban J connectivity index is 3.11. The summed E-state index contributed by atoms with van der Waals surface area (Å²) in [6, 6.07) is 0.582. The highest BCUT2D eigenvalue weighted by Gasteiger charge is 2.33. The lowest BCUT2D eigenvalue weighted by atomic mass is 10.3. The highest BCUT2D eigenvalue weighted by molar-refractivity contribution is 5.21. The summed E-state index contributed by atoms with van der Waals surface area (Å²) in [5.41, 5.74) is -1.96. The van der Waals surface area contributed by atoms with Crippen molar-refractivity contribution < 1.29 is 17.9 Å². The van der Waals surface area contributed by atoms with Gasteiger partial charge in [0.25, 0.3) is 0 Å². The van der Waals surface area contributed by atoms with Crippen LogP contribution in [0.2, 0.25) is 0 Å². The first-order chi connectivity index (χ1) is 6.80. The average molecular weight is 222 g/mol. The zero-order valence-corrected chi connectivity index (χ0v) is 8.05. The van der Waals surface area contributed by atoms with E-state index in [2.05, 4.69) is 5.10 Å². The number of H-pyrrole nitrogens is 1. The molecule has 0 fully saturated rings. The number of nitrogens with zero attached hydrogens (tertiary/aromatic N) is 1. The van der Waals surface area contributed by atoms with Gasteiger partial charge in [0.2, 0.25) is 0 Å². The van der Waals surface area contributed by atoms with Gasteiger partial charge in [-0.25, -0.2) is 5.10 Å². The molecule has 0 unspecified atom stereocenters. The Kier molecular flexibility index (Phi) is 3.01. The van der Waals surface area contributed by atoms with Crippen molar-refractivity contribution in [3.05, 3.63) is 22.1 Å². The molecule has 1 heterocycles. The van der Waals surface area contributed by atoms with Gasteiger partial charge in [-0.1, -0.05) is 0 Å². The lowest BCUT2D eigenvalue weighted by molar-refractivity contribution is -0.142. The molecule has 0 aromatic carbocycles. The summed E-state index contributed by atoms with van der Waals surface area (Å²) in [7, 11) is 0. The first-order valence-corrected chi connectivity index (χ1v) is 4.14. The molecule has 0 amide bonds. The second-order valence-corrected chi connectivity index (χ2v) is 3.11. The smallest absolute Gasteiger partial charge is 0.435 e. The SMILES string of the molecule is CC(C)Oc1cc(C(F)(F)F)n[nH]c1=O. The summed E-state index contributed by atoms with van der Waals surface area (Å²) in [5.74, 6) is -0.382. The number of aromatic amines is 1. The van der Waals surface area contributed by atoms with E-state index in [1.54, 1.807) is 18.9 Å². The zero-order chi connectivity index (χ0) is 11.6. The summed E-state index contributed by atoms with van der Waals surface area (Å²) in [4.78, 5) is 11.0. The van der Waals surface area contributed by atoms with Crippen LogP contribution in [0.5, 0.6) is 5.75 Å². The Morgan fingerprint density at radius 1 is 1.47 bits per heavy atom. The number of alkyl halides is 3. The number of hydrogen-bond donors (Lipinski definition) is 1. The summed E-state index contributed by atoms with van der Waals surface area (Å²) in [6.07, 6.45) is -4.98. The Labute approximate surface area is 83.1 Å². The van der Waals surface area contributed by atoms with E-state index in [0.717, 1.165) is 0 Å². The molecule has 1 aromatic heterocycles. The van der Waals surface area contributed by atoms with E-state index in [1.165, 1.54) is 0 Å². The van der Waals surface area contributed by atoms with Gasteiger partial charge in [0, 0.05) is 6.07 Å². The summed E-state index contributed by atoms with van der Waals surface area (Å²) < 4.78 is 41.5. The number of rotatable bonds is 2. The molecule has 4 nitrogen and oxygen atoms in total. The van der Waals surface area contributed by atoms with Gasteiger partial charge in [-0.05, 0) is 13.8 Å². The third kappa shape index (κ3) is 2.97. The van der Waals surface area contributed by atoms with Crippen molar-refractivity contribution in [2.24, 2.45) is 0 Å². The van der Waals surface area contributed by atoms with Gasteiger partial charge >= 0.3 is 11.7 Å². The predicted molar refractivity (Wildman–Crippen MR) is 45.6 cm³/mol. The quantitative estimate of drug-likeness (QED) is 0.826. The first kappa shape index (κ1) is 11.5. The molecule has 1 rings (SSSR count). The average Bonchev–Trinajstić information content (AvgIpc) is 2.06. The molecule has 15 heavy (non-hydrogen) atoms. The van der Waals surface area contributed by atoms with Crippen LogP contribution in [-0.4, -0.2) is 16.3 Å². The lowest BCUT2D eigenvalue weighted by Gasteiger charge is -2.10. The largest absolute Gasteiger partial charge is 0.485 e. The van der Waals surface area contributed by atoms with Crippen LogP contribution in [0, 0.1) is 0 Å².